The maximum absolute atomic E-state index is 12.0. The summed E-state index contributed by atoms with van der Waals surface area (Å²) in [5.41, 5.74) is 6.67. The Morgan fingerprint density at radius 2 is 2.00 bits per heavy atom. The standard InChI is InChI=1S/C16H22BrN5O3S2.ClH/c1-9(23)13(18)15(25)20-6-3-12-21-11(8-26-12)16-22-10(7-27-16)14(24)19-5-2-4-17;/h7-9,13,23H,2-6,18H2,1H3,(H,19,24)(H,20,25);1H. The summed E-state index contributed by atoms with van der Waals surface area (Å²) in [7, 11) is 0. The Morgan fingerprint density at radius 3 is 2.68 bits per heavy atom. The summed E-state index contributed by atoms with van der Waals surface area (Å²) < 4.78 is 0. The van der Waals surface area contributed by atoms with Crippen molar-refractivity contribution in [3.05, 3.63) is 21.5 Å². The molecule has 0 spiro atoms. The molecule has 0 aromatic carbocycles. The van der Waals surface area contributed by atoms with Crippen molar-refractivity contribution in [1.29, 1.82) is 0 Å². The Bertz CT molecular complexity index is 771. The van der Waals surface area contributed by atoms with Crippen molar-refractivity contribution in [3.8, 4) is 10.7 Å². The van der Waals surface area contributed by atoms with Crippen LogP contribution in [0, 0.1) is 0 Å². The van der Waals surface area contributed by atoms with Gasteiger partial charge in [-0.3, -0.25) is 9.59 Å². The molecule has 12 heteroatoms. The van der Waals surface area contributed by atoms with E-state index < -0.39 is 18.1 Å². The quantitative estimate of drug-likeness (QED) is 0.282. The number of rotatable bonds is 10. The maximum Gasteiger partial charge on any atom is 0.270 e. The molecule has 156 valence electrons. The highest BCUT2D eigenvalue weighted by Crippen LogP contribution is 2.25. The highest BCUT2D eigenvalue weighted by Gasteiger charge is 2.18. The minimum atomic E-state index is -0.939. The number of halogens is 2. The zero-order chi connectivity index (χ0) is 19.8. The molecule has 0 saturated heterocycles. The molecule has 5 N–H and O–H groups in total. The number of amides is 2. The van der Waals surface area contributed by atoms with Crippen molar-refractivity contribution in [3.63, 3.8) is 0 Å². The number of carbonyl (C=O) groups is 2. The van der Waals surface area contributed by atoms with Gasteiger partial charge in [0.2, 0.25) is 5.91 Å². The summed E-state index contributed by atoms with van der Waals surface area (Å²) in [6, 6.07) is -0.939. The second-order valence-corrected chi connectivity index (χ2v) is 8.36. The maximum atomic E-state index is 12.0. The highest BCUT2D eigenvalue weighted by molar-refractivity contribution is 9.09. The molecule has 8 nitrogen and oxygen atoms in total. The molecule has 0 aliphatic rings. The molecule has 28 heavy (non-hydrogen) atoms. The monoisotopic (exact) mass is 511 g/mol. The summed E-state index contributed by atoms with van der Waals surface area (Å²) in [5, 5.41) is 20.8. The number of carbonyl (C=O) groups excluding carboxylic acids is 2. The first-order chi connectivity index (χ1) is 12.9. The number of aromatic nitrogens is 2. The molecule has 2 unspecified atom stereocenters. The van der Waals surface area contributed by atoms with E-state index in [2.05, 4.69) is 36.5 Å². The van der Waals surface area contributed by atoms with Crippen molar-refractivity contribution in [2.75, 3.05) is 18.4 Å². The van der Waals surface area contributed by atoms with Crippen LogP contribution < -0.4 is 16.4 Å². The topological polar surface area (TPSA) is 130 Å². The van der Waals surface area contributed by atoms with E-state index in [4.69, 9.17) is 5.73 Å². The summed E-state index contributed by atoms with van der Waals surface area (Å²) in [6.45, 7) is 2.45. The van der Waals surface area contributed by atoms with Gasteiger partial charge in [-0.25, -0.2) is 9.97 Å². The van der Waals surface area contributed by atoms with Crippen molar-refractivity contribution < 1.29 is 14.7 Å². The molecule has 0 saturated carbocycles. The van der Waals surface area contributed by atoms with Crippen LogP contribution in [0.4, 0.5) is 0 Å². The average Bonchev–Trinajstić information content (AvgIpc) is 3.30. The minimum Gasteiger partial charge on any atom is -0.391 e. The Hall–Kier alpha value is -1.11. The Morgan fingerprint density at radius 1 is 1.25 bits per heavy atom. The van der Waals surface area contributed by atoms with Crippen molar-refractivity contribution in [2.24, 2.45) is 5.73 Å². The first kappa shape index (κ1) is 24.9. The lowest BCUT2D eigenvalue weighted by atomic mass is 10.2. The van der Waals surface area contributed by atoms with Crippen molar-refractivity contribution >= 4 is 62.8 Å². The molecule has 2 atom stereocenters. The van der Waals surface area contributed by atoms with E-state index >= 15 is 0 Å². The lowest BCUT2D eigenvalue weighted by molar-refractivity contribution is -0.124. The predicted octanol–water partition coefficient (Wildman–Crippen LogP) is 1.57. The fourth-order valence-corrected chi connectivity index (χ4v) is 3.91. The van der Waals surface area contributed by atoms with Crippen LogP contribution in [0.25, 0.3) is 10.7 Å². The first-order valence-corrected chi connectivity index (χ1v) is 11.3. The summed E-state index contributed by atoms with van der Waals surface area (Å²) >= 11 is 6.15. The van der Waals surface area contributed by atoms with Gasteiger partial charge in [-0.15, -0.1) is 35.1 Å². The summed E-state index contributed by atoms with van der Waals surface area (Å²) in [5.74, 6) is -0.580. The summed E-state index contributed by atoms with van der Waals surface area (Å²) in [6.07, 6.45) is 0.512. The van der Waals surface area contributed by atoms with Crippen LogP contribution in [0.15, 0.2) is 10.8 Å². The largest absolute Gasteiger partial charge is 0.391 e. The lowest BCUT2D eigenvalue weighted by Crippen LogP contribution is -2.47. The summed E-state index contributed by atoms with van der Waals surface area (Å²) in [4.78, 5) is 32.6. The lowest BCUT2D eigenvalue weighted by Gasteiger charge is -2.13. The highest BCUT2D eigenvalue weighted by atomic mass is 79.9. The SMILES string of the molecule is CC(O)C(N)C(=O)NCCc1nc(-c2nc(C(=O)NCCCBr)cs2)cs1.Cl. The molecular weight excluding hydrogens is 490 g/mol. The number of hydrogen-bond acceptors (Lipinski definition) is 8. The second-order valence-electron chi connectivity index (χ2n) is 5.77. The van der Waals surface area contributed by atoms with Crippen LogP contribution in [-0.4, -0.2) is 57.5 Å². The number of nitrogens with zero attached hydrogens (tertiary/aromatic N) is 2. The van der Waals surface area contributed by atoms with E-state index in [-0.39, 0.29) is 18.3 Å². The molecular formula is C16H23BrClN5O3S2. The number of thiazole rings is 2. The van der Waals surface area contributed by atoms with Gasteiger partial charge in [0.05, 0.1) is 11.1 Å². The molecule has 2 aromatic rings. The van der Waals surface area contributed by atoms with Crippen LogP contribution >= 0.6 is 51.0 Å². The molecule has 2 rings (SSSR count). The predicted molar refractivity (Wildman–Crippen MR) is 118 cm³/mol. The molecule has 2 aromatic heterocycles. The number of nitrogens with two attached hydrogens (primary N) is 1. The van der Waals surface area contributed by atoms with E-state index in [0.29, 0.717) is 35.9 Å². The van der Waals surface area contributed by atoms with Crippen molar-refractivity contribution in [1.82, 2.24) is 20.6 Å². The number of aliphatic hydroxyl groups excluding tert-OH is 1. The first-order valence-electron chi connectivity index (χ1n) is 8.38. The van der Waals surface area contributed by atoms with Crippen LogP contribution in [0.5, 0.6) is 0 Å². The van der Waals surface area contributed by atoms with Gasteiger partial charge in [-0.1, -0.05) is 15.9 Å². The third-order valence-electron chi connectivity index (χ3n) is 3.56. The van der Waals surface area contributed by atoms with Crippen LogP contribution in [-0.2, 0) is 11.2 Å². The fourth-order valence-electron chi connectivity index (χ4n) is 2.01. The molecule has 2 heterocycles. The molecule has 0 radical (unpaired) electrons. The van der Waals surface area contributed by atoms with E-state index in [1.165, 1.54) is 29.6 Å². The van der Waals surface area contributed by atoms with E-state index in [1.54, 1.807) is 5.38 Å². The van der Waals surface area contributed by atoms with Crippen LogP contribution in [0.2, 0.25) is 0 Å². The third-order valence-corrected chi connectivity index (χ3v) is 5.90. The Labute approximate surface area is 185 Å². The van der Waals surface area contributed by atoms with Crippen LogP contribution in [0.1, 0.15) is 28.8 Å². The Kier molecular flexibility index (Phi) is 11.1. The average molecular weight is 513 g/mol. The fraction of sp³-hybridized carbons (Fsp3) is 0.500. The van der Waals surface area contributed by atoms with E-state index in [9.17, 15) is 14.7 Å². The van der Waals surface area contributed by atoms with Gasteiger partial charge in [0.15, 0.2) is 0 Å². The van der Waals surface area contributed by atoms with E-state index in [0.717, 1.165) is 16.8 Å². The molecule has 0 bridgehead atoms. The molecule has 0 aliphatic carbocycles. The second kappa shape index (κ2) is 12.5. The smallest absolute Gasteiger partial charge is 0.270 e. The van der Waals surface area contributed by atoms with Gasteiger partial charge in [-0.05, 0) is 13.3 Å². The zero-order valence-electron chi connectivity index (χ0n) is 15.2. The van der Waals surface area contributed by atoms with Gasteiger partial charge in [0, 0.05) is 35.6 Å². The minimum absolute atomic E-state index is 0. The number of nitrogens with one attached hydrogen (secondary N) is 2. The molecule has 0 aliphatic heterocycles. The van der Waals surface area contributed by atoms with Crippen molar-refractivity contribution in [2.45, 2.75) is 31.9 Å². The van der Waals surface area contributed by atoms with Crippen LogP contribution in [0.3, 0.4) is 0 Å². The Balaban J connectivity index is 0.00000392. The van der Waals surface area contributed by atoms with Gasteiger partial charge in [0.1, 0.15) is 22.4 Å². The van der Waals surface area contributed by atoms with Gasteiger partial charge in [0.25, 0.3) is 5.91 Å². The number of aliphatic hydroxyl groups is 1. The molecule has 0 fully saturated rings. The van der Waals surface area contributed by atoms with Gasteiger partial charge >= 0.3 is 0 Å². The zero-order valence-corrected chi connectivity index (χ0v) is 19.2. The third kappa shape index (κ3) is 7.37. The number of alkyl halides is 1. The normalized spacial score (nSPS) is 12.7. The van der Waals surface area contributed by atoms with Gasteiger partial charge in [-0.2, -0.15) is 0 Å². The van der Waals surface area contributed by atoms with Gasteiger partial charge < -0.3 is 21.5 Å². The number of hydrogen-bond donors (Lipinski definition) is 4. The molecule has 2 amide bonds. The van der Waals surface area contributed by atoms with E-state index in [1.807, 2.05) is 5.38 Å².